The van der Waals surface area contributed by atoms with Crippen LogP contribution in [0.2, 0.25) is 0 Å². The predicted octanol–water partition coefficient (Wildman–Crippen LogP) is 2.51. The Morgan fingerprint density at radius 3 is 2.81 bits per heavy atom. The van der Waals surface area contributed by atoms with Gasteiger partial charge in [-0.05, 0) is 36.8 Å². The Kier molecular flexibility index (Phi) is 6.22. The van der Waals surface area contributed by atoms with Gasteiger partial charge in [0.2, 0.25) is 5.91 Å². The number of furan rings is 1. The van der Waals surface area contributed by atoms with Gasteiger partial charge in [-0.1, -0.05) is 19.3 Å². The molecular weight excluding hydrogens is 328 g/mol. The summed E-state index contributed by atoms with van der Waals surface area (Å²) in [6, 6.07) is 3.90. The normalized spacial score (nSPS) is 19.8. The molecule has 2 heterocycles. The van der Waals surface area contributed by atoms with E-state index in [9.17, 15) is 4.79 Å². The summed E-state index contributed by atoms with van der Waals surface area (Å²) in [4.78, 5) is 20.6. The molecule has 144 valence electrons. The summed E-state index contributed by atoms with van der Waals surface area (Å²) in [5.41, 5.74) is 0.466. The highest BCUT2D eigenvalue weighted by Crippen LogP contribution is 2.43. The Hall–Kier alpha value is -1.98. The van der Waals surface area contributed by atoms with E-state index in [2.05, 4.69) is 15.2 Å². The van der Waals surface area contributed by atoms with Crippen molar-refractivity contribution in [3.8, 4) is 0 Å². The van der Waals surface area contributed by atoms with Gasteiger partial charge in [-0.2, -0.15) is 0 Å². The highest BCUT2D eigenvalue weighted by molar-refractivity contribution is 5.85. The van der Waals surface area contributed by atoms with Crippen molar-refractivity contribution in [2.75, 3.05) is 40.3 Å². The van der Waals surface area contributed by atoms with Gasteiger partial charge in [-0.15, -0.1) is 0 Å². The zero-order chi connectivity index (χ0) is 18.4. The molecule has 1 aliphatic carbocycles. The molecule has 1 spiro atoms. The van der Waals surface area contributed by atoms with Crippen molar-refractivity contribution < 1.29 is 9.21 Å². The molecule has 6 nitrogen and oxygen atoms in total. The molecule has 2 fully saturated rings. The van der Waals surface area contributed by atoms with Gasteiger partial charge >= 0.3 is 0 Å². The van der Waals surface area contributed by atoms with E-state index in [1.54, 1.807) is 25.3 Å². The van der Waals surface area contributed by atoms with Crippen LogP contribution in [0, 0.1) is 5.41 Å². The van der Waals surface area contributed by atoms with Crippen molar-refractivity contribution in [3.05, 3.63) is 24.2 Å². The predicted molar refractivity (Wildman–Crippen MR) is 103 cm³/mol. The molecule has 1 amide bonds. The Balaban J connectivity index is 1.62. The minimum Gasteiger partial charge on any atom is -0.469 e. The third-order valence-corrected chi connectivity index (χ3v) is 5.75. The van der Waals surface area contributed by atoms with Crippen molar-refractivity contribution in [3.63, 3.8) is 0 Å². The van der Waals surface area contributed by atoms with Gasteiger partial charge in [-0.3, -0.25) is 4.79 Å². The first kappa shape index (κ1) is 18.8. The van der Waals surface area contributed by atoms with Gasteiger partial charge in [0, 0.05) is 40.2 Å². The summed E-state index contributed by atoms with van der Waals surface area (Å²) in [5.74, 6) is 1.86. The first-order chi connectivity index (χ1) is 12.6. The third-order valence-electron chi connectivity index (χ3n) is 5.75. The fraction of sp³-hybridized carbons (Fsp3) is 0.700. The Morgan fingerprint density at radius 2 is 2.12 bits per heavy atom. The molecule has 1 saturated carbocycles. The lowest BCUT2D eigenvalue weighted by atomic mass is 9.73. The van der Waals surface area contributed by atoms with Crippen LogP contribution in [0.15, 0.2) is 27.8 Å². The second kappa shape index (κ2) is 8.60. The first-order valence-electron chi connectivity index (χ1n) is 9.84. The monoisotopic (exact) mass is 360 g/mol. The molecule has 26 heavy (non-hydrogen) atoms. The molecule has 1 aromatic heterocycles. The second-order valence-electron chi connectivity index (χ2n) is 7.92. The highest BCUT2D eigenvalue weighted by atomic mass is 16.3. The molecule has 1 saturated heterocycles. The van der Waals surface area contributed by atoms with Gasteiger partial charge in [0.05, 0.1) is 6.26 Å². The molecule has 0 bridgehead atoms. The number of nitrogens with zero attached hydrogens (tertiary/aromatic N) is 3. The van der Waals surface area contributed by atoms with E-state index in [-0.39, 0.29) is 12.5 Å². The maximum atomic E-state index is 12.0. The van der Waals surface area contributed by atoms with Crippen LogP contribution in [-0.2, 0) is 11.2 Å². The smallest absolute Gasteiger partial charge is 0.243 e. The van der Waals surface area contributed by atoms with Crippen molar-refractivity contribution >= 4 is 11.9 Å². The van der Waals surface area contributed by atoms with Crippen LogP contribution in [0.3, 0.4) is 0 Å². The molecule has 1 N–H and O–H groups in total. The van der Waals surface area contributed by atoms with Gasteiger partial charge in [0.15, 0.2) is 5.96 Å². The largest absolute Gasteiger partial charge is 0.469 e. The number of amides is 1. The number of nitrogens with one attached hydrogen (secondary N) is 1. The van der Waals surface area contributed by atoms with Crippen molar-refractivity contribution in [2.45, 2.75) is 44.9 Å². The van der Waals surface area contributed by atoms with Crippen LogP contribution in [-0.4, -0.2) is 61.9 Å². The second-order valence-corrected chi connectivity index (χ2v) is 7.92. The Morgan fingerprint density at radius 1 is 1.31 bits per heavy atom. The van der Waals surface area contributed by atoms with E-state index in [1.165, 1.54) is 38.5 Å². The summed E-state index contributed by atoms with van der Waals surface area (Å²) < 4.78 is 5.41. The van der Waals surface area contributed by atoms with Crippen LogP contribution in [0.1, 0.15) is 44.3 Å². The lowest BCUT2D eigenvalue weighted by Crippen LogP contribution is -2.43. The van der Waals surface area contributed by atoms with E-state index in [0.29, 0.717) is 5.41 Å². The van der Waals surface area contributed by atoms with E-state index >= 15 is 0 Å². The number of rotatable bonds is 5. The average molecular weight is 361 g/mol. The number of guanidine groups is 1. The molecule has 0 unspecified atom stereocenters. The van der Waals surface area contributed by atoms with E-state index < -0.39 is 0 Å². The number of hydrogen-bond donors (Lipinski definition) is 1. The standard InChI is InChI=1S/C20H32N4O2/c1-23(2)18(25)15-22-19(21-12-8-17-7-6-14-26-17)24-13-11-20(16-24)9-4-3-5-10-20/h6-7,14H,3-5,8-13,15-16H2,1-2H3,(H,21,22). The molecule has 2 aliphatic rings. The zero-order valence-electron chi connectivity index (χ0n) is 16.2. The quantitative estimate of drug-likeness (QED) is 0.647. The van der Waals surface area contributed by atoms with Crippen LogP contribution in [0.4, 0.5) is 0 Å². The minimum absolute atomic E-state index is 0.0295. The number of likely N-dealkylation sites (tertiary alicyclic amines) is 1. The van der Waals surface area contributed by atoms with Crippen molar-refractivity contribution in [1.29, 1.82) is 0 Å². The van der Waals surface area contributed by atoms with Crippen LogP contribution >= 0.6 is 0 Å². The van der Waals surface area contributed by atoms with Crippen molar-refractivity contribution in [1.82, 2.24) is 15.1 Å². The van der Waals surface area contributed by atoms with Crippen molar-refractivity contribution in [2.24, 2.45) is 10.4 Å². The molecular formula is C20H32N4O2. The summed E-state index contributed by atoms with van der Waals surface area (Å²) >= 11 is 0. The Labute approximate surface area is 156 Å². The van der Waals surface area contributed by atoms with Crippen LogP contribution < -0.4 is 5.32 Å². The maximum absolute atomic E-state index is 12.0. The summed E-state index contributed by atoms with van der Waals surface area (Å²) in [5, 5.41) is 3.46. The summed E-state index contributed by atoms with van der Waals surface area (Å²) in [7, 11) is 3.55. The zero-order valence-corrected chi connectivity index (χ0v) is 16.2. The van der Waals surface area contributed by atoms with E-state index in [0.717, 1.165) is 37.8 Å². The van der Waals surface area contributed by atoms with E-state index in [4.69, 9.17) is 4.42 Å². The average Bonchev–Trinajstić information content (AvgIpc) is 3.29. The van der Waals surface area contributed by atoms with E-state index in [1.807, 2.05) is 12.1 Å². The number of carbonyl (C=O) groups excluding carboxylic acids is 1. The molecule has 0 aromatic carbocycles. The number of carbonyl (C=O) groups is 1. The summed E-state index contributed by atoms with van der Waals surface area (Å²) in [6.45, 7) is 3.05. The highest BCUT2D eigenvalue weighted by Gasteiger charge is 2.39. The molecule has 1 aromatic rings. The third kappa shape index (κ3) is 4.80. The fourth-order valence-electron chi connectivity index (χ4n) is 4.13. The van der Waals surface area contributed by atoms with Crippen LogP contribution in [0.25, 0.3) is 0 Å². The van der Waals surface area contributed by atoms with Gasteiger partial charge in [0.25, 0.3) is 0 Å². The topological polar surface area (TPSA) is 61.1 Å². The number of aliphatic imine (C=N–C) groups is 1. The van der Waals surface area contributed by atoms with Gasteiger partial charge in [-0.25, -0.2) is 4.99 Å². The minimum atomic E-state index is 0.0295. The first-order valence-corrected chi connectivity index (χ1v) is 9.84. The fourth-order valence-corrected chi connectivity index (χ4v) is 4.13. The van der Waals surface area contributed by atoms with Gasteiger partial charge < -0.3 is 19.5 Å². The lowest BCUT2D eigenvalue weighted by molar-refractivity contribution is -0.127. The Bertz CT molecular complexity index is 603. The number of likely N-dealkylation sites (N-methyl/N-ethyl adjacent to an activating group) is 1. The molecule has 0 atom stereocenters. The molecule has 6 heteroatoms. The number of hydrogen-bond acceptors (Lipinski definition) is 3. The lowest BCUT2D eigenvalue weighted by Gasteiger charge is -2.33. The summed E-state index contributed by atoms with van der Waals surface area (Å²) in [6.07, 6.45) is 10.5. The molecule has 3 rings (SSSR count). The molecule has 0 radical (unpaired) electrons. The SMILES string of the molecule is CN(C)C(=O)CN=C(NCCc1ccco1)N1CCC2(CCCCC2)C1. The molecule has 1 aliphatic heterocycles. The maximum Gasteiger partial charge on any atom is 0.243 e. The van der Waals surface area contributed by atoms with Crippen LogP contribution in [0.5, 0.6) is 0 Å². The van der Waals surface area contributed by atoms with Gasteiger partial charge in [0.1, 0.15) is 12.3 Å².